The smallest absolute Gasteiger partial charge is 0.147 e. The van der Waals surface area contributed by atoms with Crippen LogP contribution >= 0.6 is 0 Å². The molecular formula is C15H23NO3S. The summed E-state index contributed by atoms with van der Waals surface area (Å²) >= 11 is 0. The SMILES string of the molecule is CNC1CCCc2c(OCCCS(C)(=O)=O)cccc21. The molecule has 1 aromatic carbocycles. The number of nitrogens with one attached hydrogen (secondary N) is 1. The van der Waals surface area contributed by atoms with Crippen molar-refractivity contribution in [2.75, 3.05) is 25.7 Å². The van der Waals surface area contributed by atoms with E-state index in [4.69, 9.17) is 4.74 Å². The molecule has 0 aliphatic heterocycles. The van der Waals surface area contributed by atoms with E-state index in [1.807, 2.05) is 19.2 Å². The summed E-state index contributed by atoms with van der Waals surface area (Å²) in [6.07, 6.45) is 5.14. The van der Waals surface area contributed by atoms with Crippen molar-refractivity contribution in [3.05, 3.63) is 29.3 Å². The predicted octanol–water partition coefficient (Wildman–Crippen LogP) is 2.10. The molecule has 0 heterocycles. The Morgan fingerprint density at radius 3 is 2.90 bits per heavy atom. The van der Waals surface area contributed by atoms with Gasteiger partial charge in [-0.1, -0.05) is 12.1 Å². The zero-order valence-corrected chi connectivity index (χ0v) is 13.0. The molecule has 0 fully saturated rings. The van der Waals surface area contributed by atoms with Crippen LogP contribution in [-0.2, 0) is 16.3 Å². The summed E-state index contributed by atoms with van der Waals surface area (Å²) in [6, 6.07) is 6.55. The van der Waals surface area contributed by atoms with E-state index in [0.717, 1.165) is 25.0 Å². The minimum atomic E-state index is -2.90. The fraction of sp³-hybridized carbons (Fsp3) is 0.600. The maximum atomic E-state index is 11.1. The number of rotatable bonds is 6. The lowest BCUT2D eigenvalue weighted by Gasteiger charge is -2.26. The maximum absolute atomic E-state index is 11.1. The van der Waals surface area contributed by atoms with Crippen LogP contribution in [0.15, 0.2) is 18.2 Å². The van der Waals surface area contributed by atoms with Crippen molar-refractivity contribution in [1.29, 1.82) is 0 Å². The Kier molecular flexibility index (Phi) is 5.05. The molecule has 5 heteroatoms. The van der Waals surface area contributed by atoms with E-state index in [9.17, 15) is 8.42 Å². The van der Waals surface area contributed by atoms with Crippen molar-refractivity contribution < 1.29 is 13.2 Å². The molecule has 0 bridgehead atoms. The standard InChI is InChI=1S/C15H23NO3S/c1-16-14-8-3-7-13-12(14)6-4-9-15(13)19-10-5-11-20(2,17)18/h4,6,9,14,16H,3,5,7-8,10-11H2,1-2H3. The number of hydrogen-bond acceptors (Lipinski definition) is 4. The van der Waals surface area contributed by atoms with Crippen LogP contribution in [0.2, 0.25) is 0 Å². The summed E-state index contributed by atoms with van der Waals surface area (Å²) in [7, 11) is -0.913. The summed E-state index contributed by atoms with van der Waals surface area (Å²) in [5, 5.41) is 3.34. The average Bonchev–Trinajstić information content (AvgIpc) is 2.42. The second kappa shape index (κ2) is 6.59. The van der Waals surface area contributed by atoms with Gasteiger partial charge in [-0.3, -0.25) is 0 Å². The molecule has 2 rings (SSSR count). The highest BCUT2D eigenvalue weighted by atomic mass is 32.2. The van der Waals surface area contributed by atoms with Crippen LogP contribution in [0, 0.1) is 0 Å². The second-order valence-corrected chi connectivity index (χ2v) is 7.65. The topological polar surface area (TPSA) is 55.4 Å². The van der Waals surface area contributed by atoms with Crippen molar-refractivity contribution in [2.45, 2.75) is 31.7 Å². The Morgan fingerprint density at radius 1 is 1.40 bits per heavy atom. The van der Waals surface area contributed by atoms with E-state index in [0.29, 0.717) is 19.1 Å². The Bertz CT molecular complexity index is 554. The molecule has 4 nitrogen and oxygen atoms in total. The third-order valence-corrected chi connectivity index (χ3v) is 4.76. The van der Waals surface area contributed by atoms with Crippen LogP contribution in [0.5, 0.6) is 5.75 Å². The monoisotopic (exact) mass is 297 g/mol. The van der Waals surface area contributed by atoms with Crippen LogP contribution in [0.3, 0.4) is 0 Å². The maximum Gasteiger partial charge on any atom is 0.147 e. The zero-order valence-electron chi connectivity index (χ0n) is 12.2. The first kappa shape index (κ1) is 15.3. The summed E-state index contributed by atoms with van der Waals surface area (Å²) in [6.45, 7) is 0.452. The quantitative estimate of drug-likeness (QED) is 0.817. The van der Waals surface area contributed by atoms with Gasteiger partial charge in [-0.25, -0.2) is 8.42 Å². The number of sulfone groups is 1. The minimum Gasteiger partial charge on any atom is -0.493 e. The molecule has 0 amide bonds. The Labute approximate surface area is 121 Å². The normalized spacial score (nSPS) is 18.6. The predicted molar refractivity (Wildman–Crippen MR) is 81.0 cm³/mol. The lowest BCUT2D eigenvalue weighted by molar-refractivity contribution is 0.311. The molecule has 1 atom stereocenters. The van der Waals surface area contributed by atoms with Gasteiger partial charge in [0.05, 0.1) is 12.4 Å². The van der Waals surface area contributed by atoms with Gasteiger partial charge >= 0.3 is 0 Å². The first-order valence-corrected chi connectivity index (χ1v) is 9.17. The fourth-order valence-electron chi connectivity index (χ4n) is 2.75. The highest BCUT2D eigenvalue weighted by Crippen LogP contribution is 2.35. The molecule has 0 spiro atoms. The third-order valence-electron chi connectivity index (χ3n) is 3.73. The van der Waals surface area contributed by atoms with Crippen molar-refractivity contribution in [3.8, 4) is 5.75 Å². The third kappa shape index (κ3) is 3.96. The number of ether oxygens (including phenoxy) is 1. The second-order valence-electron chi connectivity index (χ2n) is 5.39. The van der Waals surface area contributed by atoms with Gasteiger partial charge in [0.15, 0.2) is 0 Å². The number of fused-ring (bicyclic) bond motifs is 1. The summed E-state index contributed by atoms with van der Waals surface area (Å²) in [4.78, 5) is 0. The van der Waals surface area contributed by atoms with E-state index in [1.165, 1.54) is 17.4 Å². The van der Waals surface area contributed by atoms with E-state index in [-0.39, 0.29) is 5.75 Å². The Hall–Kier alpha value is -1.07. The Balaban J connectivity index is 2.02. The molecule has 0 radical (unpaired) electrons. The summed E-state index contributed by atoms with van der Waals surface area (Å²) in [5.74, 6) is 1.09. The fourth-order valence-corrected chi connectivity index (χ4v) is 3.40. The van der Waals surface area contributed by atoms with Gasteiger partial charge in [0.25, 0.3) is 0 Å². The summed E-state index contributed by atoms with van der Waals surface area (Å²) < 4.78 is 28.0. The van der Waals surface area contributed by atoms with Crippen LogP contribution in [0.25, 0.3) is 0 Å². The number of hydrogen-bond donors (Lipinski definition) is 1. The van der Waals surface area contributed by atoms with E-state index < -0.39 is 9.84 Å². The molecule has 1 aliphatic carbocycles. The van der Waals surface area contributed by atoms with Gasteiger partial charge < -0.3 is 10.1 Å². The molecular weight excluding hydrogens is 274 g/mol. The summed E-state index contributed by atoms with van der Waals surface area (Å²) in [5.41, 5.74) is 2.59. The van der Waals surface area contributed by atoms with Gasteiger partial charge in [-0.2, -0.15) is 0 Å². The lowest BCUT2D eigenvalue weighted by atomic mass is 9.87. The molecule has 1 unspecified atom stereocenters. The average molecular weight is 297 g/mol. The van der Waals surface area contributed by atoms with Crippen LogP contribution < -0.4 is 10.1 Å². The molecule has 0 aromatic heterocycles. The van der Waals surface area contributed by atoms with E-state index >= 15 is 0 Å². The minimum absolute atomic E-state index is 0.182. The lowest BCUT2D eigenvalue weighted by Crippen LogP contribution is -2.22. The van der Waals surface area contributed by atoms with Gasteiger partial charge in [0.2, 0.25) is 0 Å². The first-order chi connectivity index (χ1) is 9.51. The highest BCUT2D eigenvalue weighted by Gasteiger charge is 2.21. The van der Waals surface area contributed by atoms with Crippen molar-refractivity contribution in [3.63, 3.8) is 0 Å². The van der Waals surface area contributed by atoms with E-state index in [1.54, 1.807) is 0 Å². The number of benzene rings is 1. The molecule has 0 saturated carbocycles. The van der Waals surface area contributed by atoms with Crippen LogP contribution in [-0.4, -0.2) is 34.1 Å². The van der Waals surface area contributed by atoms with Crippen molar-refractivity contribution in [2.24, 2.45) is 0 Å². The molecule has 1 aromatic rings. The highest BCUT2D eigenvalue weighted by molar-refractivity contribution is 7.90. The van der Waals surface area contributed by atoms with Crippen LogP contribution in [0.4, 0.5) is 0 Å². The van der Waals surface area contributed by atoms with Crippen molar-refractivity contribution in [1.82, 2.24) is 5.32 Å². The molecule has 20 heavy (non-hydrogen) atoms. The molecule has 1 aliphatic rings. The van der Waals surface area contributed by atoms with Gasteiger partial charge in [-0.15, -0.1) is 0 Å². The first-order valence-electron chi connectivity index (χ1n) is 7.11. The molecule has 1 N–H and O–H groups in total. The largest absolute Gasteiger partial charge is 0.493 e. The van der Waals surface area contributed by atoms with Gasteiger partial charge in [-0.05, 0) is 49.9 Å². The zero-order chi connectivity index (χ0) is 14.6. The van der Waals surface area contributed by atoms with Gasteiger partial charge in [0, 0.05) is 12.3 Å². The van der Waals surface area contributed by atoms with Crippen LogP contribution in [0.1, 0.15) is 36.4 Å². The molecule has 112 valence electrons. The van der Waals surface area contributed by atoms with Crippen molar-refractivity contribution >= 4 is 9.84 Å². The van der Waals surface area contributed by atoms with Gasteiger partial charge in [0.1, 0.15) is 15.6 Å². The van der Waals surface area contributed by atoms with E-state index in [2.05, 4.69) is 11.4 Å². The Morgan fingerprint density at radius 2 is 2.20 bits per heavy atom. The molecule has 0 saturated heterocycles.